The van der Waals surface area contributed by atoms with Gasteiger partial charge < -0.3 is 5.11 Å². The van der Waals surface area contributed by atoms with Crippen LogP contribution in [0.1, 0.15) is 46.5 Å². The molecule has 0 saturated heterocycles. The molecule has 0 aromatic heterocycles. The number of hydrogen-bond donors (Lipinski definition) is 1. The lowest BCUT2D eigenvalue weighted by Gasteiger charge is -2.52. The van der Waals surface area contributed by atoms with Crippen molar-refractivity contribution in [1.29, 1.82) is 0 Å². The van der Waals surface area contributed by atoms with Gasteiger partial charge in [-0.25, -0.2) is 0 Å². The van der Waals surface area contributed by atoms with E-state index in [-0.39, 0.29) is 34.9 Å². The number of Topliss-reactive ketones (excluding diaryl/α,β-unsaturated/α-hetero) is 1. The molecule has 0 aliphatic heterocycles. The van der Waals surface area contributed by atoms with Gasteiger partial charge >= 0.3 is 0 Å². The first-order chi connectivity index (χ1) is 11.8. The van der Waals surface area contributed by atoms with Gasteiger partial charge in [0.25, 0.3) is 0 Å². The molecule has 4 aliphatic rings. The summed E-state index contributed by atoms with van der Waals surface area (Å²) in [4.78, 5) is 24.2. The van der Waals surface area contributed by atoms with E-state index in [4.69, 9.17) is 0 Å². The molecular formula is C22H28O3. The lowest BCUT2D eigenvalue weighted by molar-refractivity contribution is -0.131. The largest absolute Gasteiger partial charge is 0.389 e. The molecular weight excluding hydrogens is 312 g/mol. The maximum atomic E-state index is 12.4. The zero-order valence-electron chi connectivity index (χ0n) is 15.4. The molecule has 6 atom stereocenters. The second-order valence-electron chi connectivity index (χ2n) is 9.04. The van der Waals surface area contributed by atoms with Crippen molar-refractivity contribution in [2.45, 2.75) is 46.5 Å². The van der Waals surface area contributed by atoms with Gasteiger partial charge in [-0.15, -0.1) is 0 Å². The van der Waals surface area contributed by atoms with Crippen LogP contribution >= 0.6 is 0 Å². The van der Waals surface area contributed by atoms with Gasteiger partial charge in [-0.3, -0.25) is 9.59 Å². The van der Waals surface area contributed by atoms with Crippen LogP contribution < -0.4 is 0 Å². The van der Waals surface area contributed by atoms with Crippen molar-refractivity contribution in [3.8, 4) is 0 Å². The molecule has 0 amide bonds. The van der Waals surface area contributed by atoms with Crippen molar-refractivity contribution in [3.05, 3.63) is 35.5 Å². The average molecular weight is 340 g/mol. The molecule has 134 valence electrons. The van der Waals surface area contributed by atoms with E-state index in [0.717, 1.165) is 25.7 Å². The van der Waals surface area contributed by atoms with Gasteiger partial charge in [0.1, 0.15) is 6.61 Å². The van der Waals surface area contributed by atoms with Crippen molar-refractivity contribution in [3.63, 3.8) is 0 Å². The topological polar surface area (TPSA) is 54.4 Å². The predicted molar refractivity (Wildman–Crippen MR) is 96.7 cm³/mol. The maximum absolute atomic E-state index is 12.4. The fourth-order valence-electron chi connectivity index (χ4n) is 6.67. The minimum Gasteiger partial charge on any atom is -0.389 e. The quantitative estimate of drug-likeness (QED) is 0.781. The second-order valence-corrected chi connectivity index (χ2v) is 9.04. The molecule has 0 aromatic rings. The van der Waals surface area contributed by atoms with Crippen LogP contribution in [0.2, 0.25) is 0 Å². The molecule has 2 fully saturated rings. The van der Waals surface area contributed by atoms with Gasteiger partial charge in [-0.2, -0.15) is 0 Å². The molecule has 2 saturated carbocycles. The zero-order valence-corrected chi connectivity index (χ0v) is 15.4. The van der Waals surface area contributed by atoms with Gasteiger partial charge in [0, 0.05) is 11.3 Å². The van der Waals surface area contributed by atoms with Crippen LogP contribution in [0, 0.1) is 34.5 Å². The third kappa shape index (κ3) is 2.21. The van der Waals surface area contributed by atoms with Crippen LogP contribution in [0.4, 0.5) is 0 Å². The monoisotopic (exact) mass is 340 g/mol. The van der Waals surface area contributed by atoms with Crippen LogP contribution in [0.3, 0.4) is 0 Å². The number of aliphatic hydroxyl groups excluding tert-OH is 1. The number of carbonyl (C=O) groups excluding carboxylic acids is 2. The Morgan fingerprint density at radius 1 is 1.36 bits per heavy atom. The molecule has 3 heteroatoms. The number of ketones is 2. The van der Waals surface area contributed by atoms with E-state index in [9.17, 15) is 14.7 Å². The zero-order chi connectivity index (χ0) is 18.0. The summed E-state index contributed by atoms with van der Waals surface area (Å²) in [6.45, 7) is 6.35. The summed E-state index contributed by atoms with van der Waals surface area (Å²) in [7, 11) is 0. The molecule has 4 rings (SSSR count). The van der Waals surface area contributed by atoms with Gasteiger partial charge in [0.15, 0.2) is 11.6 Å². The SMILES string of the molecule is C[C@@H]1CC2C3CCC4=CC(=O)C=CC4(C)C3=CCC2(C)C1C(=O)CO. The first kappa shape index (κ1) is 17.0. The molecule has 0 bridgehead atoms. The summed E-state index contributed by atoms with van der Waals surface area (Å²) in [5, 5.41) is 9.46. The van der Waals surface area contributed by atoms with E-state index in [1.54, 1.807) is 6.08 Å². The summed E-state index contributed by atoms with van der Waals surface area (Å²) in [6, 6.07) is 0. The number of carbonyl (C=O) groups is 2. The van der Waals surface area contributed by atoms with Crippen LogP contribution in [0.5, 0.6) is 0 Å². The lowest BCUT2D eigenvalue weighted by atomic mass is 9.52. The molecule has 5 unspecified atom stereocenters. The van der Waals surface area contributed by atoms with E-state index < -0.39 is 0 Å². The Labute approximate surface area is 149 Å². The molecule has 0 spiro atoms. The number of rotatable bonds is 2. The maximum Gasteiger partial charge on any atom is 0.178 e. The van der Waals surface area contributed by atoms with Crippen LogP contribution in [-0.2, 0) is 9.59 Å². The van der Waals surface area contributed by atoms with E-state index in [2.05, 4.69) is 32.9 Å². The number of aliphatic hydroxyl groups is 1. The summed E-state index contributed by atoms with van der Waals surface area (Å²) >= 11 is 0. The van der Waals surface area contributed by atoms with E-state index in [1.165, 1.54) is 11.1 Å². The Kier molecular flexibility index (Phi) is 3.74. The predicted octanol–water partition coefficient (Wildman–Crippen LogP) is 3.64. The highest BCUT2D eigenvalue weighted by atomic mass is 16.3. The Morgan fingerprint density at radius 2 is 2.12 bits per heavy atom. The van der Waals surface area contributed by atoms with Crippen molar-refractivity contribution < 1.29 is 14.7 Å². The number of allylic oxidation sites excluding steroid dienone is 6. The summed E-state index contributed by atoms with van der Waals surface area (Å²) in [5.74, 6) is 1.39. The summed E-state index contributed by atoms with van der Waals surface area (Å²) in [6.07, 6.45) is 12.0. The first-order valence-corrected chi connectivity index (χ1v) is 9.59. The molecule has 0 radical (unpaired) electrons. The minimum absolute atomic E-state index is 0.0140. The van der Waals surface area contributed by atoms with Crippen molar-refractivity contribution in [2.24, 2.45) is 34.5 Å². The Hall–Kier alpha value is -1.48. The summed E-state index contributed by atoms with van der Waals surface area (Å²) < 4.78 is 0. The highest BCUT2D eigenvalue weighted by molar-refractivity contribution is 6.01. The van der Waals surface area contributed by atoms with Crippen molar-refractivity contribution >= 4 is 11.6 Å². The highest BCUT2D eigenvalue weighted by Gasteiger charge is 2.59. The lowest BCUT2D eigenvalue weighted by Crippen LogP contribution is -2.45. The van der Waals surface area contributed by atoms with Gasteiger partial charge in [-0.05, 0) is 67.9 Å². The average Bonchev–Trinajstić information content (AvgIpc) is 2.85. The van der Waals surface area contributed by atoms with Crippen molar-refractivity contribution in [2.75, 3.05) is 6.61 Å². The first-order valence-electron chi connectivity index (χ1n) is 9.59. The van der Waals surface area contributed by atoms with Gasteiger partial charge in [-0.1, -0.05) is 37.1 Å². The van der Waals surface area contributed by atoms with E-state index in [1.807, 2.05) is 6.08 Å². The van der Waals surface area contributed by atoms with Crippen LogP contribution in [0.15, 0.2) is 35.5 Å². The fourth-order valence-corrected chi connectivity index (χ4v) is 6.67. The van der Waals surface area contributed by atoms with Crippen LogP contribution in [0.25, 0.3) is 0 Å². The normalized spacial score (nSPS) is 45.2. The number of fused-ring (bicyclic) bond motifs is 5. The third-order valence-electron chi connectivity index (χ3n) is 7.79. The van der Waals surface area contributed by atoms with Gasteiger partial charge in [0.2, 0.25) is 0 Å². The Morgan fingerprint density at radius 3 is 2.84 bits per heavy atom. The summed E-state index contributed by atoms with van der Waals surface area (Å²) in [5.41, 5.74) is 2.54. The standard InChI is InChI=1S/C22H28O3/c1-13-10-18-16-5-4-14-11-15(24)6-8-21(14,2)17(16)7-9-22(18,3)20(13)19(25)12-23/h6-8,11,13,16,18,20,23H,4-5,9-10,12H2,1-3H3/t13-,16?,18?,20?,21?,22?/m1/s1. The molecule has 0 aromatic carbocycles. The Bertz CT molecular complexity index is 728. The van der Waals surface area contributed by atoms with Crippen molar-refractivity contribution in [1.82, 2.24) is 0 Å². The van der Waals surface area contributed by atoms with Crippen LogP contribution in [-0.4, -0.2) is 23.3 Å². The fraction of sp³-hybridized carbons (Fsp3) is 0.636. The minimum atomic E-state index is -0.339. The molecule has 0 heterocycles. The molecule has 3 nitrogen and oxygen atoms in total. The van der Waals surface area contributed by atoms with E-state index in [0.29, 0.717) is 17.8 Å². The molecule has 25 heavy (non-hydrogen) atoms. The van der Waals surface area contributed by atoms with E-state index >= 15 is 0 Å². The van der Waals surface area contributed by atoms with Gasteiger partial charge in [0.05, 0.1) is 0 Å². The Balaban J connectivity index is 1.75. The molecule has 4 aliphatic carbocycles. The highest BCUT2D eigenvalue weighted by Crippen LogP contribution is 2.65. The number of hydrogen-bond acceptors (Lipinski definition) is 3. The second kappa shape index (κ2) is 5.51. The molecule has 1 N–H and O–H groups in total. The third-order valence-corrected chi connectivity index (χ3v) is 7.79. The smallest absolute Gasteiger partial charge is 0.178 e.